The van der Waals surface area contributed by atoms with Crippen molar-refractivity contribution in [3.63, 3.8) is 0 Å². The zero-order valence-electron chi connectivity index (χ0n) is 11.3. The maximum atomic E-state index is 11.7. The van der Waals surface area contributed by atoms with Crippen molar-refractivity contribution in [3.8, 4) is 5.75 Å². The molecule has 5 heteroatoms. The van der Waals surface area contributed by atoms with Crippen molar-refractivity contribution >= 4 is 9.84 Å². The number of sulfone groups is 1. The standard InChI is InChI=1S/C14H23NO3S/c15-10-4-6-12-19(16,17)13-7-5-11-18-14-8-2-1-3-9-14/h1-3,8-9H,4-7,10-13,15H2. The smallest absolute Gasteiger partial charge is 0.150 e. The van der Waals surface area contributed by atoms with Gasteiger partial charge in [-0.2, -0.15) is 0 Å². The van der Waals surface area contributed by atoms with Gasteiger partial charge in [-0.1, -0.05) is 18.2 Å². The Balaban J connectivity index is 2.10. The lowest BCUT2D eigenvalue weighted by molar-refractivity contribution is 0.309. The average molecular weight is 285 g/mol. The SMILES string of the molecule is NCCCCS(=O)(=O)CCCCOc1ccccc1. The van der Waals surface area contributed by atoms with E-state index in [1.54, 1.807) is 0 Å². The van der Waals surface area contributed by atoms with Crippen LogP contribution in [0.1, 0.15) is 25.7 Å². The Hall–Kier alpha value is -1.07. The molecule has 0 fully saturated rings. The maximum absolute atomic E-state index is 11.7. The molecule has 0 amide bonds. The molecule has 0 unspecified atom stereocenters. The second kappa shape index (κ2) is 8.93. The molecular weight excluding hydrogens is 262 g/mol. The lowest BCUT2D eigenvalue weighted by Crippen LogP contribution is -2.13. The van der Waals surface area contributed by atoms with Gasteiger partial charge in [-0.05, 0) is 44.4 Å². The third-order valence-corrected chi connectivity index (χ3v) is 4.59. The topological polar surface area (TPSA) is 69.4 Å². The van der Waals surface area contributed by atoms with Crippen LogP contribution in [0.3, 0.4) is 0 Å². The van der Waals surface area contributed by atoms with E-state index in [2.05, 4.69) is 0 Å². The second-order valence-electron chi connectivity index (χ2n) is 4.52. The minimum atomic E-state index is -2.91. The summed E-state index contributed by atoms with van der Waals surface area (Å²) in [6.07, 6.45) is 2.85. The molecule has 0 spiro atoms. The number of ether oxygens (including phenoxy) is 1. The largest absolute Gasteiger partial charge is 0.494 e. The van der Waals surface area contributed by atoms with Gasteiger partial charge in [-0.25, -0.2) is 8.42 Å². The van der Waals surface area contributed by atoms with Gasteiger partial charge in [0, 0.05) is 0 Å². The molecule has 1 aromatic carbocycles. The van der Waals surface area contributed by atoms with Crippen LogP contribution in [0.4, 0.5) is 0 Å². The van der Waals surface area contributed by atoms with E-state index < -0.39 is 9.84 Å². The van der Waals surface area contributed by atoms with Crippen LogP contribution in [-0.4, -0.2) is 33.1 Å². The number of nitrogens with two attached hydrogens (primary N) is 1. The molecular formula is C14H23NO3S. The zero-order valence-corrected chi connectivity index (χ0v) is 12.1. The molecule has 0 heterocycles. The van der Waals surface area contributed by atoms with E-state index in [1.807, 2.05) is 30.3 Å². The van der Waals surface area contributed by atoms with Gasteiger partial charge in [-0.15, -0.1) is 0 Å². The van der Waals surface area contributed by atoms with Crippen LogP contribution in [0.15, 0.2) is 30.3 Å². The van der Waals surface area contributed by atoms with E-state index in [0.29, 0.717) is 26.0 Å². The van der Waals surface area contributed by atoms with Crippen molar-refractivity contribution in [2.24, 2.45) is 5.73 Å². The molecule has 2 N–H and O–H groups in total. The highest BCUT2D eigenvalue weighted by Gasteiger charge is 2.09. The Morgan fingerprint density at radius 3 is 2.21 bits per heavy atom. The van der Waals surface area contributed by atoms with Crippen molar-refractivity contribution in [2.75, 3.05) is 24.7 Å². The second-order valence-corrected chi connectivity index (χ2v) is 6.82. The quantitative estimate of drug-likeness (QED) is 0.668. The maximum Gasteiger partial charge on any atom is 0.150 e. The Morgan fingerprint density at radius 2 is 1.58 bits per heavy atom. The van der Waals surface area contributed by atoms with Crippen LogP contribution >= 0.6 is 0 Å². The molecule has 1 aromatic rings. The number of para-hydroxylation sites is 1. The Labute approximate surface area is 115 Å². The molecule has 0 radical (unpaired) electrons. The molecule has 1 rings (SSSR count). The number of rotatable bonds is 10. The predicted molar refractivity (Wildman–Crippen MR) is 78.1 cm³/mol. The molecule has 0 saturated heterocycles. The first-order valence-electron chi connectivity index (χ1n) is 6.72. The number of benzene rings is 1. The molecule has 0 saturated carbocycles. The first-order chi connectivity index (χ1) is 9.14. The number of hydrogen-bond acceptors (Lipinski definition) is 4. The fourth-order valence-corrected chi connectivity index (χ4v) is 3.19. The summed E-state index contributed by atoms with van der Waals surface area (Å²) in [5.41, 5.74) is 5.34. The lowest BCUT2D eigenvalue weighted by Gasteiger charge is -2.06. The van der Waals surface area contributed by atoms with Crippen LogP contribution in [0, 0.1) is 0 Å². The summed E-state index contributed by atoms with van der Waals surface area (Å²) < 4.78 is 28.8. The van der Waals surface area contributed by atoms with Crippen LogP contribution in [0.25, 0.3) is 0 Å². The van der Waals surface area contributed by atoms with Gasteiger partial charge in [0.25, 0.3) is 0 Å². The minimum Gasteiger partial charge on any atom is -0.494 e. The van der Waals surface area contributed by atoms with Gasteiger partial charge < -0.3 is 10.5 Å². The molecule has 0 atom stereocenters. The van der Waals surface area contributed by atoms with Crippen LogP contribution in [-0.2, 0) is 9.84 Å². The monoisotopic (exact) mass is 285 g/mol. The molecule has 19 heavy (non-hydrogen) atoms. The van der Waals surface area contributed by atoms with E-state index in [-0.39, 0.29) is 11.5 Å². The van der Waals surface area contributed by atoms with Gasteiger partial charge >= 0.3 is 0 Å². The van der Waals surface area contributed by atoms with E-state index >= 15 is 0 Å². The van der Waals surface area contributed by atoms with Gasteiger partial charge in [0.15, 0.2) is 0 Å². The fraction of sp³-hybridized carbons (Fsp3) is 0.571. The van der Waals surface area contributed by atoms with E-state index in [4.69, 9.17) is 10.5 Å². The van der Waals surface area contributed by atoms with Gasteiger partial charge in [0.2, 0.25) is 0 Å². The van der Waals surface area contributed by atoms with Gasteiger partial charge in [-0.3, -0.25) is 0 Å². The Bertz CT molecular complexity index is 431. The van der Waals surface area contributed by atoms with Gasteiger partial charge in [0.05, 0.1) is 18.1 Å². The highest BCUT2D eigenvalue weighted by molar-refractivity contribution is 7.91. The molecule has 0 aliphatic carbocycles. The van der Waals surface area contributed by atoms with Crippen LogP contribution in [0.2, 0.25) is 0 Å². The normalized spacial score (nSPS) is 11.4. The Morgan fingerprint density at radius 1 is 0.947 bits per heavy atom. The highest BCUT2D eigenvalue weighted by atomic mass is 32.2. The third-order valence-electron chi connectivity index (χ3n) is 2.77. The Kier molecular flexibility index (Phi) is 7.52. The first kappa shape index (κ1) is 16.0. The average Bonchev–Trinajstić information content (AvgIpc) is 2.39. The molecule has 108 valence electrons. The molecule has 0 aliphatic heterocycles. The molecule has 0 bridgehead atoms. The highest BCUT2D eigenvalue weighted by Crippen LogP contribution is 2.09. The van der Waals surface area contributed by atoms with Crippen molar-refractivity contribution < 1.29 is 13.2 Å². The number of hydrogen-bond donors (Lipinski definition) is 1. The van der Waals surface area contributed by atoms with E-state index in [0.717, 1.165) is 18.6 Å². The summed E-state index contributed by atoms with van der Waals surface area (Å²) in [5.74, 6) is 1.33. The fourth-order valence-electron chi connectivity index (χ4n) is 1.70. The third kappa shape index (κ3) is 7.85. The minimum absolute atomic E-state index is 0.246. The zero-order chi connectivity index (χ0) is 14.0. The van der Waals surface area contributed by atoms with Crippen molar-refractivity contribution in [2.45, 2.75) is 25.7 Å². The van der Waals surface area contributed by atoms with Gasteiger partial charge in [0.1, 0.15) is 15.6 Å². The molecule has 0 aliphatic rings. The van der Waals surface area contributed by atoms with Crippen molar-refractivity contribution in [3.05, 3.63) is 30.3 Å². The van der Waals surface area contributed by atoms with Crippen LogP contribution in [0.5, 0.6) is 5.75 Å². The summed E-state index contributed by atoms with van der Waals surface area (Å²) >= 11 is 0. The lowest BCUT2D eigenvalue weighted by atomic mass is 10.3. The predicted octanol–water partition coefficient (Wildman–Crippen LogP) is 2.00. The van der Waals surface area contributed by atoms with Crippen molar-refractivity contribution in [1.82, 2.24) is 0 Å². The van der Waals surface area contributed by atoms with E-state index in [9.17, 15) is 8.42 Å². The molecule has 0 aromatic heterocycles. The first-order valence-corrected chi connectivity index (χ1v) is 8.54. The summed E-state index contributed by atoms with van der Waals surface area (Å²) in [5, 5.41) is 0. The molecule has 4 nitrogen and oxygen atoms in total. The summed E-state index contributed by atoms with van der Waals surface area (Å²) in [7, 11) is -2.91. The van der Waals surface area contributed by atoms with E-state index in [1.165, 1.54) is 0 Å². The summed E-state index contributed by atoms with van der Waals surface area (Å²) in [4.78, 5) is 0. The van der Waals surface area contributed by atoms with Crippen molar-refractivity contribution in [1.29, 1.82) is 0 Å². The van der Waals surface area contributed by atoms with Crippen LogP contribution < -0.4 is 10.5 Å². The number of unbranched alkanes of at least 4 members (excludes halogenated alkanes) is 2. The summed E-state index contributed by atoms with van der Waals surface area (Å²) in [6.45, 7) is 1.11. The summed E-state index contributed by atoms with van der Waals surface area (Å²) in [6, 6.07) is 9.54.